The molecule has 0 bridgehead atoms. The summed E-state index contributed by atoms with van der Waals surface area (Å²) in [6.07, 6.45) is -3.04. The van der Waals surface area contributed by atoms with Gasteiger partial charge in [0, 0.05) is 18.7 Å². The fourth-order valence-corrected chi connectivity index (χ4v) is 2.59. The Labute approximate surface area is 144 Å². The summed E-state index contributed by atoms with van der Waals surface area (Å²) in [6, 6.07) is 7.18. The van der Waals surface area contributed by atoms with Gasteiger partial charge in [0.15, 0.2) is 6.10 Å². The highest BCUT2D eigenvalue weighted by molar-refractivity contribution is 9.18. The summed E-state index contributed by atoms with van der Waals surface area (Å²) in [6.45, 7) is 1.80. The first-order valence-electron chi connectivity index (χ1n) is 7.03. The number of rotatable bonds is 3. The van der Waals surface area contributed by atoms with Gasteiger partial charge in [0.1, 0.15) is 10.4 Å². The van der Waals surface area contributed by atoms with Crippen LogP contribution in [0.3, 0.4) is 0 Å². The summed E-state index contributed by atoms with van der Waals surface area (Å²) in [5.74, 6) is 0.306. The SMILES string of the molecule is Cc1ccc(C2CC(Br)=NO2)cc1Oc1cc(C(F)(F)F)ccn1. The van der Waals surface area contributed by atoms with Crippen molar-refractivity contribution < 1.29 is 22.7 Å². The molecule has 1 aliphatic rings. The van der Waals surface area contributed by atoms with E-state index >= 15 is 0 Å². The van der Waals surface area contributed by atoms with Crippen LogP contribution in [-0.2, 0) is 11.0 Å². The van der Waals surface area contributed by atoms with E-state index in [2.05, 4.69) is 26.1 Å². The van der Waals surface area contributed by atoms with Crippen LogP contribution < -0.4 is 4.74 Å². The van der Waals surface area contributed by atoms with E-state index in [1.807, 2.05) is 12.1 Å². The van der Waals surface area contributed by atoms with Crippen LogP contribution in [0.5, 0.6) is 11.6 Å². The fraction of sp³-hybridized carbons (Fsp3) is 0.250. The molecule has 1 aliphatic heterocycles. The van der Waals surface area contributed by atoms with Crippen LogP contribution in [0.15, 0.2) is 41.7 Å². The van der Waals surface area contributed by atoms with Gasteiger partial charge in [-0.15, -0.1) is 0 Å². The van der Waals surface area contributed by atoms with E-state index in [0.717, 1.165) is 29.5 Å². The monoisotopic (exact) mass is 400 g/mol. The summed E-state index contributed by atoms with van der Waals surface area (Å²) in [4.78, 5) is 9.13. The topological polar surface area (TPSA) is 43.7 Å². The number of oxime groups is 1. The van der Waals surface area contributed by atoms with Gasteiger partial charge in [-0.25, -0.2) is 4.98 Å². The predicted molar refractivity (Wildman–Crippen MR) is 85.3 cm³/mol. The molecular weight excluding hydrogens is 389 g/mol. The molecule has 1 aromatic heterocycles. The Morgan fingerprint density at radius 3 is 2.71 bits per heavy atom. The second-order valence-electron chi connectivity index (χ2n) is 5.27. The van der Waals surface area contributed by atoms with Gasteiger partial charge in [-0.1, -0.05) is 17.3 Å². The van der Waals surface area contributed by atoms with Crippen molar-refractivity contribution in [2.45, 2.75) is 25.6 Å². The highest BCUT2D eigenvalue weighted by atomic mass is 79.9. The molecule has 0 spiro atoms. The lowest BCUT2D eigenvalue weighted by atomic mass is 10.0. The summed E-state index contributed by atoms with van der Waals surface area (Å²) in [7, 11) is 0. The number of aryl methyl sites for hydroxylation is 1. The lowest BCUT2D eigenvalue weighted by molar-refractivity contribution is -0.137. The number of benzene rings is 1. The van der Waals surface area contributed by atoms with Crippen molar-refractivity contribution in [1.29, 1.82) is 0 Å². The standard InChI is InChI=1S/C16H12BrF3N2O2/c1-9-2-3-10(13-8-14(17)22-24-13)6-12(9)23-15-7-11(4-5-21-15)16(18,19)20/h2-7,13H,8H2,1H3. The van der Waals surface area contributed by atoms with Crippen molar-refractivity contribution in [2.75, 3.05) is 0 Å². The first-order chi connectivity index (χ1) is 11.3. The molecule has 2 heterocycles. The van der Waals surface area contributed by atoms with Gasteiger partial charge in [0.05, 0.1) is 5.56 Å². The van der Waals surface area contributed by atoms with E-state index < -0.39 is 11.7 Å². The molecule has 1 aromatic carbocycles. The lowest BCUT2D eigenvalue weighted by Gasteiger charge is -2.14. The Morgan fingerprint density at radius 2 is 2.04 bits per heavy atom. The highest BCUT2D eigenvalue weighted by Gasteiger charge is 2.31. The van der Waals surface area contributed by atoms with Crippen LogP contribution in [0.1, 0.15) is 29.2 Å². The van der Waals surface area contributed by atoms with Gasteiger partial charge in [-0.3, -0.25) is 0 Å². The van der Waals surface area contributed by atoms with E-state index in [9.17, 15) is 13.2 Å². The number of hydrogen-bond donors (Lipinski definition) is 0. The number of ether oxygens (including phenoxy) is 1. The second-order valence-corrected chi connectivity index (χ2v) is 6.19. The molecule has 2 aromatic rings. The quantitative estimate of drug-likeness (QED) is 0.695. The number of nitrogens with zero attached hydrogens (tertiary/aromatic N) is 2. The fourth-order valence-electron chi connectivity index (χ4n) is 2.21. The van der Waals surface area contributed by atoms with Gasteiger partial charge >= 0.3 is 6.18 Å². The zero-order valence-electron chi connectivity index (χ0n) is 12.5. The maximum atomic E-state index is 12.8. The van der Waals surface area contributed by atoms with E-state index in [1.165, 1.54) is 0 Å². The van der Waals surface area contributed by atoms with Gasteiger partial charge in [-0.05, 0) is 46.1 Å². The van der Waals surface area contributed by atoms with E-state index in [4.69, 9.17) is 9.57 Å². The molecule has 1 atom stereocenters. The number of alkyl halides is 3. The van der Waals surface area contributed by atoms with Crippen molar-refractivity contribution in [3.05, 3.63) is 53.2 Å². The maximum absolute atomic E-state index is 12.8. The number of hydrogen-bond acceptors (Lipinski definition) is 4. The molecule has 4 nitrogen and oxygen atoms in total. The molecule has 3 rings (SSSR count). The van der Waals surface area contributed by atoms with Crippen molar-refractivity contribution in [3.63, 3.8) is 0 Å². The van der Waals surface area contributed by atoms with Crippen molar-refractivity contribution in [3.8, 4) is 11.6 Å². The Morgan fingerprint density at radius 1 is 1.25 bits per heavy atom. The minimum absolute atomic E-state index is 0.116. The first-order valence-corrected chi connectivity index (χ1v) is 7.82. The minimum atomic E-state index is -4.45. The number of aromatic nitrogens is 1. The zero-order chi connectivity index (χ0) is 17.3. The molecule has 0 amide bonds. The highest BCUT2D eigenvalue weighted by Crippen LogP contribution is 2.35. The third-order valence-corrected chi connectivity index (χ3v) is 3.96. The molecule has 126 valence electrons. The molecule has 0 saturated carbocycles. The Bertz CT molecular complexity index is 793. The van der Waals surface area contributed by atoms with E-state index in [1.54, 1.807) is 13.0 Å². The smallest absolute Gasteiger partial charge is 0.416 e. The maximum Gasteiger partial charge on any atom is 0.416 e. The molecule has 0 radical (unpaired) electrons. The molecule has 0 aliphatic carbocycles. The molecule has 24 heavy (non-hydrogen) atoms. The zero-order valence-corrected chi connectivity index (χ0v) is 14.1. The number of halogens is 4. The minimum Gasteiger partial charge on any atom is -0.439 e. The lowest BCUT2D eigenvalue weighted by Crippen LogP contribution is -2.05. The predicted octanol–water partition coefficient (Wildman–Crippen LogP) is 5.37. The summed E-state index contributed by atoms with van der Waals surface area (Å²) >= 11 is 3.27. The molecule has 8 heteroatoms. The van der Waals surface area contributed by atoms with Crippen LogP contribution in [0.25, 0.3) is 0 Å². The van der Waals surface area contributed by atoms with Crippen LogP contribution in [-0.4, -0.2) is 9.60 Å². The van der Waals surface area contributed by atoms with Crippen molar-refractivity contribution in [1.82, 2.24) is 4.98 Å². The third-order valence-electron chi connectivity index (χ3n) is 3.49. The molecule has 0 saturated heterocycles. The average molecular weight is 401 g/mol. The van der Waals surface area contributed by atoms with E-state index in [-0.39, 0.29) is 12.0 Å². The number of pyridine rings is 1. The normalized spacial score (nSPS) is 17.4. The molecular formula is C16H12BrF3N2O2. The third kappa shape index (κ3) is 3.69. The van der Waals surface area contributed by atoms with Crippen molar-refractivity contribution in [2.24, 2.45) is 5.16 Å². The summed E-state index contributed by atoms with van der Waals surface area (Å²) in [5, 5.41) is 3.82. The summed E-state index contributed by atoms with van der Waals surface area (Å²) < 4.78 is 44.6. The largest absolute Gasteiger partial charge is 0.439 e. The Balaban J connectivity index is 1.85. The first kappa shape index (κ1) is 16.8. The van der Waals surface area contributed by atoms with Crippen LogP contribution >= 0.6 is 15.9 Å². The van der Waals surface area contributed by atoms with Gasteiger partial charge < -0.3 is 9.57 Å². The van der Waals surface area contributed by atoms with Gasteiger partial charge in [0.25, 0.3) is 0 Å². The Kier molecular flexibility index (Phi) is 4.49. The average Bonchev–Trinajstić information content (AvgIpc) is 2.95. The summed E-state index contributed by atoms with van der Waals surface area (Å²) in [5.41, 5.74) is 0.787. The van der Waals surface area contributed by atoms with Crippen molar-refractivity contribution >= 4 is 20.6 Å². The molecule has 1 unspecified atom stereocenters. The molecule has 0 fully saturated rings. The second kappa shape index (κ2) is 6.43. The molecule has 0 N–H and O–H groups in total. The van der Waals surface area contributed by atoms with E-state index in [0.29, 0.717) is 16.8 Å². The van der Waals surface area contributed by atoms with Crippen LogP contribution in [0.2, 0.25) is 0 Å². The van der Waals surface area contributed by atoms with Crippen LogP contribution in [0.4, 0.5) is 13.2 Å². The van der Waals surface area contributed by atoms with Crippen LogP contribution in [0, 0.1) is 6.92 Å². The van der Waals surface area contributed by atoms with Gasteiger partial charge in [-0.2, -0.15) is 13.2 Å². The Hall–Kier alpha value is -2.09. The van der Waals surface area contributed by atoms with Gasteiger partial charge in [0.2, 0.25) is 5.88 Å².